The fourth-order valence-corrected chi connectivity index (χ4v) is 3.56. The van der Waals surface area contributed by atoms with E-state index >= 15 is 0 Å². The average molecular weight is 386 g/mol. The summed E-state index contributed by atoms with van der Waals surface area (Å²) in [4.78, 5) is 11.2. The molecule has 1 aliphatic rings. The van der Waals surface area contributed by atoms with Crippen LogP contribution in [0.15, 0.2) is 42.5 Å². The van der Waals surface area contributed by atoms with Crippen LogP contribution in [0.2, 0.25) is 0 Å². The molecule has 2 heterocycles. The van der Waals surface area contributed by atoms with E-state index in [0.29, 0.717) is 22.7 Å². The number of alkyl halides is 3. The second kappa shape index (κ2) is 7.30. The third kappa shape index (κ3) is 3.74. The molecule has 0 aliphatic carbocycles. The van der Waals surface area contributed by atoms with Crippen molar-refractivity contribution in [3.63, 3.8) is 0 Å². The Bertz CT molecular complexity index is 995. The van der Waals surface area contributed by atoms with Crippen LogP contribution in [-0.2, 0) is 6.18 Å². The molecule has 0 unspecified atom stereocenters. The van der Waals surface area contributed by atoms with E-state index in [0.717, 1.165) is 49.6 Å². The van der Waals surface area contributed by atoms with Crippen molar-refractivity contribution in [2.45, 2.75) is 32.4 Å². The zero-order valence-electron chi connectivity index (χ0n) is 15.6. The average Bonchev–Trinajstić information content (AvgIpc) is 2.68. The van der Waals surface area contributed by atoms with Crippen molar-refractivity contribution in [2.24, 2.45) is 0 Å². The molecule has 1 saturated heterocycles. The number of rotatable bonds is 3. The minimum atomic E-state index is -4.40. The number of nitrogens with one attached hydrogen (secondary N) is 1. The Balaban J connectivity index is 1.77. The lowest BCUT2D eigenvalue weighted by Crippen LogP contribution is -2.30. The van der Waals surface area contributed by atoms with Gasteiger partial charge in [-0.25, -0.2) is 9.97 Å². The van der Waals surface area contributed by atoms with Crippen molar-refractivity contribution in [3.8, 4) is 0 Å². The van der Waals surface area contributed by atoms with Crippen LogP contribution in [-0.4, -0.2) is 23.1 Å². The molecule has 1 fully saturated rings. The summed E-state index contributed by atoms with van der Waals surface area (Å²) in [5.41, 5.74) is 2.59. The van der Waals surface area contributed by atoms with Crippen LogP contribution in [0, 0.1) is 6.92 Å². The van der Waals surface area contributed by atoms with E-state index < -0.39 is 11.7 Å². The van der Waals surface area contributed by atoms with Gasteiger partial charge in [-0.1, -0.05) is 12.1 Å². The van der Waals surface area contributed by atoms with Gasteiger partial charge in [-0.15, -0.1) is 0 Å². The summed E-state index contributed by atoms with van der Waals surface area (Å²) in [7, 11) is 0. The number of fused-ring (bicyclic) bond motifs is 1. The van der Waals surface area contributed by atoms with Crippen molar-refractivity contribution in [1.82, 2.24) is 9.97 Å². The van der Waals surface area contributed by atoms with Crippen LogP contribution in [0.4, 0.5) is 30.4 Å². The Hall–Kier alpha value is -2.83. The first-order chi connectivity index (χ1) is 13.4. The van der Waals surface area contributed by atoms with Crippen LogP contribution in [0.3, 0.4) is 0 Å². The van der Waals surface area contributed by atoms with E-state index in [2.05, 4.69) is 20.2 Å². The van der Waals surface area contributed by atoms with Gasteiger partial charge in [0.1, 0.15) is 0 Å². The van der Waals surface area contributed by atoms with Crippen LogP contribution in [0.25, 0.3) is 11.0 Å². The molecule has 0 spiro atoms. The quantitative estimate of drug-likeness (QED) is 0.628. The number of halogens is 3. The highest BCUT2D eigenvalue weighted by molar-refractivity contribution is 5.80. The van der Waals surface area contributed by atoms with Crippen LogP contribution >= 0.6 is 0 Å². The first-order valence-corrected chi connectivity index (χ1v) is 9.38. The number of aryl methyl sites for hydroxylation is 1. The third-order valence-corrected chi connectivity index (χ3v) is 5.02. The molecule has 28 heavy (non-hydrogen) atoms. The Labute approximate surface area is 161 Å². The minimum Gasteiger partial charge on any atom is -0.370 e. The Kier molecular flexibility index (Phi) is 4.83. The Morgan fingerprint density at radius 3 is 2.29 bits per heavy atom. The molecular weight excluding hydrogens is 365 g/mol. The molecular formula is C21H21F3N4. The topological polar surface area (TPSA) is 41.1 Å². The third-order valence-electron chi connectivity index (χ3n) is 5.02. The molecule has 4 nitrogen and oxygen atoms in total. The van der Waals surface area contributed by atoms with Gasteiger partial charge in [-0.3, -0.25) is 0 Å². The zero-order valence-corrected chi connectivity index (χ0v) is 15.6. The van der Waals surface area contributed by atoms with Gasteiger partial charge in [0, 0.05) is 13.1 Å². The maximum absolute atomic E-state index is 13.3. The highest BCUT2D eigenvalue weighted by Crippen LogP contribution is 2.37. The molecule has 0 amide bonds. The minimum absolute atomic E-state index is 0.407. The van der Waals surface area contributed by atoms with Crippen molar-refractivity contribution >= 4 is 28.2 Å². The van der Waals surface area contributed by atoms with Gasteiger partial charge in [0.15, 0.2) is 5.82 Å². The summed E-state index contributed by atoms with van der Waals surface area (Å²) >= 11 is 0. The van der Waals surface area contributed by atoms with Gasteiger partial charge in [-0.2, -0.15) is 13.2 Å². The molecule has 0 bridgehead atoms. The number of anilines is 3. The second-order valence-corrected chi connectivity index (χ2v) is 7.05. The lowest BCUT2D eigenvalue weighted by Gasteiger charge is -2.31. The number of hydrogen-bond acceptors (Lipinski definition) is 4. The number of hydrogen-bond donors (Lipinski definition) is 1. The maximum Gasteiger partial charge on any atom is 0.416 e. The van der Waals surface area contributed by atoms with Crippen LogP contribution in [0.1, 0.15) is 30.5 Å². The summed E-state index contributed by atoms with van der Waals surface area (Å²) < 4.78 is 39.9. The molecule has 7 heteroatoms. The van der Waals surface area contributed by atoms with Gasteiger partial charge in [0.25, 0.3) is 0 Å². The summed E-state index contributed by atoms with van der Waals surface area (Å²) in [6.07, 6.45) is -1.18. The zero-order chi connectivity index (χ0) is 19.7. The molecule has 0 atom stereocenters. The summed E-state index contributed by atoms with van der Waals surface area (Å²) in [6.45, 7) is 3.47. The van der Waals surface area contributed by atoms with Crippen LogP contribution < -0.4 is 10.2 Å². The van der Waals surface area contributed by atoms with E-state index in [1.54, 1.807) is 13.0 Å². The SMILES string of the molecule is Cc1nc2ccccc2nc1Nc1cc(C(F)(F)F)ccc1N1CCCCC1. The van der Waals surface area contributed by atoms with Crippen molar-refractivity contribution in [2.75, 3.05) is 23.3 Å². The highest BCUT2D eigenvalue weighted by Gasteiger charge is 2.31. The predicted molar refractivity (Wildman–Crippen MR) is 105 cm³/mol. The fourth-order valence-electron chi connectivity index (χ4n) is 3.56. The van der Waals surface area contributed by atoms with E-state index in [-0.39, 0.29) is 0 Å². The first kappa shape index (κ1) is 18.5. The van der Waals surface area contributed by atoms with Crippen LogP contribution in [0.5, 0.6) is 0 Å². The van der Waals surface area contributed by atoms with Gasteiger partial charge >= 0.3 is 6.18 Å². The van der Waals surface area contributed by atoms with E-state index in [9.17, 15) is 13.2 Å². The molecule has 1 aromatic heterocycles. The number of piperidine rings is 1. The monoisotopic (exact) mass is 386 g/mol. The first-order valence-electron chi connectivity index (χ1n) is 9.38. The summed E-state index contributed by atoms with van der Waals surface area (Å²) in [5, 5.41) is 3.13. The number of benzene rings is 2. The van der Waals surface area contributed by atoms with E-state index in [1.165, 1.54) is 6.07 Å². The highest BCUT2D eigenvalue weighted by atomic mass is 19.4. The lowest BCUT2D eigenvalue weighted by atomic mass is 10.1. The molecule has 3 aromatic rings. The molecule has 1 aliphatic heterocycles. The lowest BCUT2D eigenvalue weighted by molar-refractivity contribution is -0.137. The molecule has 146 valence electrons. The van der Waals surface area contributed by atoms with Gasteiger partial charge < -0.3 is 10.2 Å². The standard InChI is InChI=1S/C21H21F3N4/c1-14-20(26-17-8-4-3-7-16(17)25-14)27-18-13-15(21(22,23)24)9-10-19(18)28-11-5-2-6-12-28/h3-4,7-10,13H,2,5-6,11-12H2,1H3,(H,26,27). The Morgan fingerprint density at radius 2 is 1.61 bits per heavy atom. The summed E-state index contributed by atoms with van der Waals surface area (Å²) in [5.74, 6) is 0.469. The number of aromatic nitrogens is 2. The number of para-hydroxylation sites is 2. The molecule has 1 N–H and O–H groups in total. The fraction of sp³-hybridized carbons (Fsp3) is 0.333. The molecule has 0 radical (unpaired) electrons. The van der Waals surface area contributed by atoms with E-state index in [4.69, 9.17) is 0 Å². The second-order valence-electron chi connectivity index (χ2n) is 7.05. The van der Waals surface area contributed by atoms with E-state index in [1.807, 2.05) is 24.3 Å². The summed E-state index contributed by atoms with van der Waals surface area (Å²) in [6, 6.07) is 11.3. The molecule has 2 aromatic carbocycles. The van der Waals surface area contributed by atoms with Crippen molar-refractivity contribution in [3.05, 3.63) is 53.7 Å². The van der Waals surface area contributed by atoms with Gasteiger partial charge in [-0.05, 0) is 56.5 Å². The largest absolute Gasteiger partial charge is 0.416 e. The number of nitrogens with zero attached hydrogens (tertiary/aromatic N) is 3. The molecule has 0 saturated carbocycles. The van der Waals surface area contributed by atoms with Crippen molar-refractivity contribution in [1.29, 1.82) is 0 Å². The normalized spacial score (nSPS) is 15.1. The smallest absolute Gasteiger partial charge is 0.370 e. The predicted octanol–water partition coefficient (Wildman–Crippen LogP) is 5.69. The van der Waals surface area contributed by atoms with Crippen molar-refractivity contribution < 1.29 is 13.2 Å². The van der Waals surface area contributed by atoms with Gasteiger partial charge in [0.05, 0.1) is 33.7 Å². The Morgan fingerprint density at radius 1 is 0.929 bits per heavy atom. The maximum atomic E-state index is 13.3. The van der Waals surface area contributed by atoms with Gasteiger partial charge in [0.2, 0.25) is 0 Å². The molecule has 4 rings (SSSR count).